The Morgan fingerprint density at radius 1 is 0.254 bits per heavy atom. The summed E-state index contributed by atoms with van der Waals surface area (Å²) >= 11 is 0. The van der Waals surface area contributed by atoms with E-state index in [1.54, 1.807) is 86.7 Å². The molecule has 0 spiro atoms. The third-order valence-electron chi connectivity index (χ3n) is 20.0. The zero-order valence-corrected chi connectivity index (χ0v) is 81.2. The maximum atomic E-state index is 12.5. The van der Waals surface area contributed by atoms with Crippen molar-refractivity contribution in [2.45, 2.75) is 126 Å². The second kappa shape index (κ2) is 52.2. The molecule has 0 unspecified atom stereocenters. The molecule has 138 heavy (non-hydrogen) atoms. The van der Waals surface area contributed by atoms with Crippen LogP contribution in [0.4, 0.5) is 117 Å². The van der Waals surface area contributed by atoms with Gasteiger partial charge >= 0.3 is 0 Å². The van der Waals surface area contributed by atoms with Crippen LogP contribution in [-0.2, 0) is 70.3 Å². The first kappa shape index (κ1) is 103. The van der Waals surface area contributed by atoms with E-state index in [2.05, 4.69) is 146 Å². The Morgan fingerprint density at radius 3 is 0.732 bits per heavy atom. The van der Waals surface area contributed by atoms with E-state index in [1.807, 2.05) is 196 Å². The molecule has 12 N–H and O–H groups in total. The van der Waals surface area contributed by atoms with Gasteiger partial charge in [-0.3, -0.25) is 16.7 Å². The number of unbranched alkanes of at least 4 members (excludes halogenated alkanes) is 6. The lowest BCUT2D eigenvalue weighted by Crippen LogP contribution is -2.11. The van der Waals surface area contributed by atoms with Crippen LogP contribution in [0.25, 0.3) is 12.2 Å². The quantitative estimate of drug-likeness (QED) is 0.0125. The maximum Gasteiger partial charge on any atom is 0.297 e. The molecule has 0 aliphatic carbocycles. The van der Waals surface area contributed by atoms with E-state index < -0.39 is 40.5 Å². The summed E-state index contributed by atoms with van der Waals surface area (Å²) in [6.07, 6.45) is 15.9. The summed E-state index contributed by atoms with van der Waals surface area (Å²) in [5.41, 5.74) is 9.62. The van der Waals surface area contributed by atoms with Crippen molar-refractivity contribution in [3.63, 3.8) is 0 Å². The van der Waals surface area contributed by atoms with Crippen LogP contribution in [0.5, 0.6) is 0 Å². The molecule has 14 aromatic rings. The molecular formula is C98H112N24O12S4. The van der Waals surface area contributed by atoms with Crippen LogP contribution in [0, 0.1) is 13.8 Å². The molecular weight excluding hydrogens is 1830 g/mol. The van der Waals surface area contributed by atoms with Gasteiger partial charge in [0.25, 0.3) is 40.5 Å². The number of hydrogen-bond acceptors (Lipinski definition) is 36. The molecule has 0 atom stereocenters. The number of rotatable bonds is 44. The average Bonchev–Trinajstić information content (AvgIpc) is 0.803. The topological polar surface area (TPSA) is 473 Å². The molecule has 0 fully saturated rings. The summed E-state index contributed by atoms with van der Waals surface area (Å²) in [4.78, 5) is 53.9. The van der Waals surface area contributed by atoms with Gasteiger partial charge in [-0.05, 0) is 171 Å². The van der Waals surface area contributed by atoms with Gasteiger partial charge in [0.2, 0.25) is 71.4 Å². The van der Waals surface area contributed by atoms with Crippen molar-refractivity contribution in [2.75, 3.05) is 105 Å². The second-order valence-corrected chi connectivity index (χ2v) is 37.0. The van der Waals surface area contributed by atoms with Crippen LogP contribution in [0.15, 0.2) is 287 Å². The Morgan fingerprint density at radius 2 is 0.478 bits per heavy atom. The average molecular weight is 1950 g/mol. The Labute approximate surface area is 805 Å². The standard InChI is InChI=1S/C26H26N6O3S.C25H32N6O3S.C24H24N6O3S.C23H30N6O3S/c1-3-10-20-15-16-22(17-23(20)36(33,34)35-2)29-26-31-24(27-18-19-11-6-4-7-12-19)30-25(32-26)28-21-13-8-5-9-14-21;1-4-6-7-11-17-26-23-29-24(27-20-13-9-8-10-14-20)31-25(30-23)28-21-16-15-19(12-5-2)22(18-21)35(32,33)34-3;1-17-13-14-20(15-21(17)34(31,32)33-2)27-24-29-22(25-16-18-9-5-3-6-10-18)28-23(30-24)26-19-11-7-4-8-12-19;1-4-5-6-10-15-24-21-27-22(25-18-11-8-7-9-12-18)29-23(28-21)26-19-14-13-17(2)20(16-19)33(30,31)32-3/h3-17H,18H2,1-2H3,(H3,27,28,29,30,31,32);5,8-10,12-16,18H,4,6-7,11,17H2,1-3H3,(H3,26,27,28,29,30,31);3-15H,16H2,1-2H3,(H3,25,26,27,28,29,30);7-9,11-14,16H,4-6,10,15H2,1-3H3,(H3,24,25,26,27,28,29). The minimum Gasteiger partial charge on any atom is -0.354 e. The molecule has 4 aromatic heterocycles. The molecule has 0 saturated heterocycles. The van der Waals surface area contributed by atoms with Crippen molar-refractivity contribution in [3.05, 3.63) is 300 Å². The van der Waals surface area contributed by atoms with Crippen LogP contribution < -0.4 is 63.8 Å². The number of anilines is 20. The normalized spacial score (nSPS) is 11.3. The van der Waals surface area contributed by atoms with E-state index in [0.29, 0.717) is 106 Å². The first-order valence-electron chi connectivity index (χ1n) is 44.2. The minimum atomic E-state index is -3.93. The predicted molar refractivity (Wildman–Crippen MR) is 546 cm³/mol. The summed E-state index contributed by atoms with van der Waals surface area (Å²) < 4.78 is 118. The Bertz CT molecular complexity index is 6830. The third-order valence-corrected chi connectivity index (χ3v) is 25.4. The fraction of sp³-hybridized carbons (Fsp3) is 0.224. The maximum absolute atomic E-state index is 12.5. The number of aromatic nitrogens is 12. The van der Waals surface area contributed by atoms with Crippen molar-refractivity contribution in [2.24, 2.45) is 0 Å². The van der Waals surface area contributed by atoms with Crippen LogP contribution in [0.1, 0.15) is 112 Å². The molecule has 36 nitrogen and oxygen atoms in total. The Hall–Kier alpha value is -15.0. The number of allylic oxidation sites excluding steroid dienone is 2. The summed E-state index contributed by atoms with van der Waals surface area (Å²) in [6, 6.07) is 77.7. The van der Waals surface area contributed by atoms with Gasteiger partial charge in [0.15, 0.2) is 0 Å². The number of para-hydroxylation sites is 4. The molecule has 0 saturated carbocycles. The van der Waals surface area contributed by atoms with Gasteiger partial charge in [-0.25, -0.2) is 0 Å². The first-order valence-corrected chi connectivity index (χ1v) is 49.8. The van der Waals surface area contributed by atoms with E-state index in [4.69, 9.17) is 8.37 Å². The lowest BCUT2D eigenvalue weighted by molar-refractivity contribution is 0.396. The number of hydrogen-bond donors (Lipinski definition) is 12. The fourth-order valence-electron chi connectivity index (χ4n) is 13.0. The second-order valence-electron chi connectivity index (χ2n) is 30.3. The summed E-state index contributed by atoms with van der Waals surface area (Å²) in [5.74, 6) is 3.98. The molecule has 40 heteroatoms. The molecule has 0 aliphatic rings. The monoisotopic (exact) mass is 1940 g/mol. The van der Waals surface area contributed by atoms with Gasteiger partial charge in [-0.2, -0.15) is 93.5 Å². The predicted octanol–water partition coefficient (Wildman–Crippen LogP) is 20.7. The minimum absolute atomic E-state index is 0.0345. The molecule has 14 rings (SSSR count). The van der Waals surface area contributed by atoms with E-state index in [-0.39, 0.29) is 43.4 Å². The summed E-state index contributed by atoms with van der Waals surface area (Å²) in [6.45, 7) is 13.9. The molecule has 0 aliphatic heterocycles. The highest BCUT2D eigenvalue weighted by Gasteiger charge is 2.24. The van der Waals surface area contributed by atoms with Crippen molar-refractivity contribution < 1.29 is 50.4 Å². The molecule has 720 valence electrons. The Kier molecular flexibility index (Phi) is 39.1. The van der Waals surface area contributed by atoms with Crippen molar-refractivity contribution in [3.8, 4) is 0 Å². The van der Waals surface area contributed by atoms with Crippen LogP contribution in [0.2, 0.25) is 0 Å². The van der Waals surface area contributed by atoms with Gasteiger partial charge in [-0.1, -0.05) is 234 Å². The largest absolute Gasteiger partial charge is 0.354 e. The number of nitrogens with zero attached hydrogens (tertiary/aromatic N) is 12. The molecule has 0 bridgehead atoms. The number of nitrogens with one attached hydrogen (secondary N) is 12. The SMILES string of the molecule is CC=Cc1ccc(Nc2nc(NCCCCCC)nc(Nc3ccccc3)n2)cc1S(=O)(=O)OC.CC=Cc1ccc(Nc2nc(NCc3ccccc3)nc(Nc3ccccc3)n2)cc1S(=O)(=O)OC.CCCCCCNc1nc(Nc2ccccc2)nc(Nc2ccc(C)c(S(=O)(=O)OC)c2)n1.COS(=O)(=O)c1cc(Nc2nc(NCc3ccccc3)nc(Nc3ccccc3)n2)ccc1C. The van der Waals surface area contributed by atoms with Gasteiger partial charge in [0.1, 0.15) is 9.79 Å². The number of aryl methyl sites for hydroxylation is 2. The highest BCUT2D eigenvalue weighted by Crippen LogP contribution is 2.32. The Balaban J connectivity index is 0.000000176. The highest BCUT2D eigenvalue weighted by molar-refractivity contribution is 7.87. The highest BCUT2D eigenvalue weighted by atomic mass is 32.2. The summed E-state index contributed by atoms with van der Waals surface area (Å²) in [5, 5.41) is 38.0. The van der Waals surface area contributed by atoms with Crippen molar-refractivity contribution in [1.82, 2.24) is 59.8 Å². The third kappa shape index (κ3) is 32.6. The zero-order chi connectivity index (χ0) is 98.1. The lowest BCUT2D eigenvalue weighted by Gasteiger charge is -2.13. The van der Waals surface area contributed by atoms with Gasteiger partial charge in [-0.15, -0.1) is 0 Å². The van der Waals surface area contributed by atoms with E-state index in [9.17, 15) is 33.7 Å². The van der Waals surface area contributed by atoms with Crippen LogP contribution in [-0.4, -0.2) is 135 Å². The lowest BCUT2D eigenvalue weighted by atomic mass is 10.2. The molecule has 0 amide bonds. The van der Waals surface area contributed by atoms with Crippen LogP contribution in [0.3, 0.4) is 0 Å². The van der Waals surface area contributed by atoms with Crippen LogP contribution >= 0.6 is 0 Å². The first-order chi connectivity index (χ1) is 66.7. The van der Waals surface area contributed by atoms with Gasteiger partial charge in [0.05, 0.1) is 38.2 Å². The van der Waals surface area contributed by atoms with E-state index in [1.165, 1.54) is 49.9 Å². The fourth-order valence-corrected chi connectivity index (χ4v) is 16.6. The molecule has 10 aromatic carbocycles. The van der Waals surface area contributed by atoms with Gasteiger partial charge in [0, 0.05) is 71.7 Å². The van der Waals surface area contributed by atoms with Gasteiger partial charge < -0.3 is 63.8 Å². The number of benzene rings is 10. The summed E-state index contributed by atoms with van der Waals surface area (Å²) in [7, 11) is -11.0. The smallest absolute Gasteiger partial charge is 0.297 e. The van der Waals surface area contributed by atoms with Crippen molar-refractivity contribution >= 4 is 170 Å². The van der Waals surface area contributed by atoms with E-state index in [0.717, 1.165) is 101 Å². The van der Waals surface area contributed by atoms with Crippen molar-refractivity contribution in [1.29, 1.82) is 0 Å². The zero-order valence-electron chi connectivity index (χ0n) is 77.9. The van der Waals surface area contributed by atoms with E-state index >= 15 is 0 Å². The molecule has 4 heterocycles. The molecule has 0 radical (unpaired) electrons.